The molecule has 0 N–H and O–H groups in total. The Labute approximate surface area is 166 Å². The first-order valence-corrected chi connectivity index (χ1v) is 9.75. The van der Waals surface area contributed by atoms with E-state index in [9.17, 15) is 9.59 Å². The molecule has 0 spiro atoms. The number of fused-ring (bicyclic) bond motifs is 1. The molecule has 8 nitrogen and oxygen atoms in total. The van der Waals surface area contributed by atoms with E-state index in [1.54, 1.807) is 24.7 Å². The number of hydrogen-bond donors (Lipinski definition) is 0. The zero-order valence-corrected chi connectivity index (χ0v) is 17.1. The van der Waals surface area contributed by atoms with Gasteiger partial charge in [0.05, 0.1) is 29.6 Å². The van der Waals surface area contributed by atoms with Gasteiger partial charge in [-0.3, -0.25) is 14.3 Å². The van der Waals surface area contributed by atoms with Crippen LogP contribution < -0.4 is 9.54 Å². The second-order valence-corrected chi connectivity index (χ2v) is 7.06. The maximum Gasteiger partial charge on any atom is 0.326 e. The van der Waals surface area contributed by atoms with Crippen LogP contribution in [-0.2, 0) is 23.1 Å². The lowest BCUT2D eigenvalue weighted by Crippen LogP contribution is -2.23. The van der Waals surface area contributed by atoms with Gasteiger partial charge in [0.25, 0.3) is 5.91 Å². The van der Waals surface area contributed by atoms with Gasteiger partial charge in [-0.2, -0.15) is 10.1 Å². The highest BCUT2D eigenvalue weighted by Gasteiger charge is 2.16. The van der Waals surface area contributed by atoms with Crippen LogP contribution >= 0.6 is 11.3 Å². The molecule has 0 aliphatic carbocycles. The zero-order valence-electron chi connectivity index (χ0n) is 16.3. The molecule has 3 aromatic rings. The molecule has 0 atom stereocenters. The van der Waals surface area contributed by atoms with Crippen molar-refractivity contribution in [3.8, 4) is 5.75 Å². The van der Waals surface area contributed by atoms with Crippen molar-refractivity contribution in [2.75, 3.05) is 13.2 Å². The Kier molecular flexibility index (Phi) is 5.93. The van der Waals surface area contributed by atoms with E-state index in [4.69, 9.17) is 9.47 Å². The summed E-state index contributed by atoms with van der Waals surface area (Å²) in [4.78, 5) is 29.5. The Morgan fingerprint density at radius 1 is 1.25 bits per heavy atom. The highest BCUT2D eigenvalue weighted by Crippen LogP contribution is 2.23. The Hall–Kier alpha value is -2.94. The predicted molar refractivity (Wildman–Crippen MR) is 105 cm³/mol. The SMILES string of the molecule is CCOC(=O)Cn1c(=NC(=O)c2c(C)cnn2C)sc2cc(OCC)ccc21. The Morgan fingerprint density at radius 3 is 2.68 bits per heavy atom. The average molecular weight is 402 g/mol. The fourth-order valence-electron chi connectivity index (χ4n) is 2.88. The van der Waals surface area contributed by atoms with Gasteiger partial charge in [0.1, 0.15) is 18.0 Å². The lowest BCUT2D eigenvalue weighted by atomic mass is 10.3. The van der Waals surface area contributed by atoms with Crippen LogP contribution in [0.3, 0.4) is 0 Å². The zero-order chi connectivity index (χ0) is 20.3. The van der Waals surface area contributed by atoms with E-state index in [-0.39, 0.29) is 19.1 Å². The Bertz CT molecular complexity index is 1070. The van der Waals surface area contributed by atoms with Crippen LogP contribution in [0.25, 0.3) is 10.2 Å². The third-order valence-electron chi connectivity index (χ3n) is 4.08. The number of esters is 1. The van der Waals surface area contributed by atoms with Crippen LogP contribution in [0.4, 0.5) is 0 Å². The number of benzene rings is 1. The van der Waals surface area contributed by atoms with Crippen molar-refractivity contribution in [3.05, 3.63) is 40.5 Å². The van der Waals surface area contributed by atoms with Crippen LogP contribution in [-0.4, -0.2) is 39.4 Å². The van der Waals surface area contributed by atoms with Gasteiger partial charge >= 0.3 is 5.97 Å². The van der Waals surface area contributed by atoms with Crippen molar-refractivity contribution in [2.45, 2.75) is 27.3 Å². The molecule has 0 aliphatic rings. The summed E-state index contributed by atoms with van der Waals surface area (Å²) in [6.07, 6.45) is 1.62. The summed E-state index contributed by atoms with van der Waals surface area (Å²) in [6, 6.07) is 5.57. The lowest BCUT2D eigenvalue weighted by molar-refractivity contribution is -0.143. The minimum atomic E-state index is -0.410. The number of ether oxygens (including phenoxy) is 2. The quantitative estimate of drug-likeness (QED) is 0.591. The third kappa shape index (κ3) is 3.99. The number of thiazole rings is 1. The second-order valence-electron chi connectivity index (χ2n) is 6.06. The number of hydrogen-bond acceptors (Lipinski definition) is 6. The molecule has 1 amide bonds. The van der Waals surface area contributed by atoms with Gasteiger partial charge in [-0.05, 0) is 39.0 Å². The minimum Gasteiger partial charge on any atom is -0.494 e. The van der Waals surface area contributed by atoms with Crippen molar-refractivity contribution < 1.29 is 19.1 Å². The summed E-state index contributed by atoms with van der Waals surface area (Å²) >= 11 is 1.32. The molecule has 0 bridgehead atoms. The predicted octanol–water partition coefficient (Wildman–Crippen LogP) is 2.45. The maximum absolute atomic E-state index is 12.8. The summed E-state index contributed by atoms with van der Waals surface area (Å²) in [5, 5.41) is 4.09. The highest BCUT2D eigenvalue weighted by molar-refractivity contribution is 7.16. The molecular formula is C19H22N4O4S. The van der Waals surface area contributed by atoms with Gasteiger partial charge < -0.3 is 14.0 Å². The standard InChI is InChI=1S/C19H22N4O4S/c1-5-26-13-7-8-14-15(9-13)28-19(23(14)11-16(24)27-6-2)21-18(25)17-12(3)10-20-22(17)4/h7-10H,5-6,11H2,1-4H3. The van der Waals surface area contributed by atoms with Crippen molar-refractivity contribution in [3.63, 3.8) is 0 Å². The van der Waals surface area contributed by atoms with Gasteiger partial charge in [0.2, 0.25) is 0 Å². The largest absolute Gasteiger partial charge is 0.494 e. The van der Waals surface area contributed by atoms with Gasteiger partial charge in [-0.1, -0.05) is 11.3 Å². The number of aryl methyl sites for hydroxylation is 2. The fraction of sp³-hybridized carbons (Fsp3) is 0.368. The van der Waals surface area contributed by atoms with E-state index in [0.29, 0.717) is 17.1 Å². The average Bonchev–Trinajstić information content (AvgIpc) is 3.15. The monoisotopic (exact) mass is 402 g/mol. The van der Waals surface area contributed by atoms with Gasteiger partial charge in [-0.25, -0.2) is 0 Å². The summed E-state index contributed by atoms with van der Waals surface area (Å²) in [7, 11) is 1.70. The number of carbonyl (C=O) groups excluding carboxylic acids is 2. The number of rotatable bonds is 6. The van der Waals surface area contributed by atoms with Crippen LogP contribution in [0.15, 0.2) is 29.4 Å². The molecule has 1 aromatic carbocycles. The molecule has 148 valence electrons. The summed E-state index contributed by atoms with van der Waals surface area (Å²) in [5.41, 5.74) is 1.94. The molecule has 0 aliphatic heterocycles. The van der Waals surface area contributed by atoms with Crippen LogP contribution in [0.1, 0.15) is 29.9 Å². The van der Waals surface area contributed by atoms with Gasteiger partial charge in [0.15, 0.2) is 4.80 Å². The number of amides is 1. The lowest BCUT2D eigenvalue weighted by Gasteiger charge is -2.06. The Balaban J connectivity index is 2.13. The first-order chi connectivity index (χ1) is 13.4. The van der Waals surface area contributed by atoms with E-state index in [0.717, 1.165) is 21.5 Å². The highest BCUT2D eigenvalue weighted by atomic mass is 32.1. The molecule has 2 aromatic heterocycles. The molecule has 3 rings (SSSR count). The normalized spacial score (nSPS) is 11.8. The molecule has 2 heterocycles. The van der Waals surface area contributed by atoms with Crippen molar-refractivity contribution in [2.24, 2.45) is 12.0 Å². The molecule has 28 heavy (non-hydrogen) atoms. The minimum absolute atomic E-state index is 0.0295. The first-order valence-electron chi connectivity index (χ1n) is 8.94. The van der Waals surface area contributed by atoms with Crippen molar-refractivity contribution >= 4 is 33.4 Å². The second kappa shape index (κ2) is 8.39. The van der Waals surface area contributed by atoms with E-state index in [1.165, 1.54) is 16.0 Å². The molecule has 9 heteroatoms. The van der Waals surface area contributed by atoms with Crippen molar-refractivity contribution in [1.82, 2.24) is 14.3 Å². The van der Waals surface area contributed by atoms with E-state index in [1.807, 2.05) is 32.0 Å². The topological polar surface area (TPSA) is 87.7 Å². The number of carbonyl (C=O) groups is 2. The van der Waals surface area contributed by atoms with Gasteiger partial charge in [-0.15, -0.1) is 0 Å². The maximum atomic E-state index is 12.8. The summed E-state index contributed by atoms with van der Waals surface area (Å²) in [6.45, 7) is 6.28. The molecular weight excluding hydrogens is 380 g/mol. The van der Waals surface area contributed by atoms with E-state index >= 15 is 0 Å². The molecule has 0 fully saturated rings. The first kappa shape index (κ1) is 19.8. The summed E-state index contributed by atoms with van der Waals surface area (Å²) < 4.78 is 14.7. The molecule has 0 radical (unpaired) electrons. The van der Waals surface area contributed by atoms with E-state index < -0.39 is 5.91 Å². The third-order valence-corrected chi connectivity index (χ3v) is 5.12. The van der Waals surface area contributed by atoms with Crippen LogP contribution in [0.2, 0.25) is 0 Å². The Morgan fingerprint density at radius 2 is 2.04 bits per heavy atom. The number of aromatic nitrogens is 3. The van der Waals surface area contributed by atoms with Crippen LogP contribution in [0, 0.1) is 6.92 Å². The van der Waals surface area contributed by atoms with Crippen molar-refractivity contribution in [1.29, 1.82) is 0 Å². The molecule has 0 unspecified atom stereocenters. The van der Waals surface area contributed by atoms with E-state index in [2.05, 4.69) is 10.1 Å². The summed E-state index contributed by atoms with van der Waals surface area (Å²) in [5.74, 6) is -0.0757. The molecule has 0 saturated heterocycles. The smallest absolute Gasteiger partial charge is 0.326 e. The van der Waals surface area contributed by atoms with Gasteiger partial charge in [0, 0.05) is 12.6 Å². The van der Waals surface area contributed by atoms with Crippen LogP contribution in [0.5, 0.6) is 5.75 Å². The molecule has 0 saturated carbocycles. The number of nitrogens with zero attached hydrogens (tertiary/aromatic N) is 4. The fourth-order valence-corrected chi connectivity index (χ4v) is 3.93.